The van der Waals surface area contributed by atoms with E-state index in [0.29, 0.717) is 25.2 Å². The van der Waals surface area contributed by atoms with Gasteiger partial charge < -0.3 is 14.7 Å². The molecule has 34 heavy (non-hydrogen) atoms. The first-order valence-corrected chi connectivity index (χ1v) is 13.4. The highest BCUT2D eigenvalue weighted by molar-refractivity contribution is 7.99. The molecule has 1 aromatic heterocycles. The van der Waals surface area contributed by atoms with Crippen LogP contribution in [0.5, 0.6) is 0 Å². The third-order valence-corrected chi connectivity index (χ3v) is 7.48. The lowest BCUT2D eigenvalue weighted by Gasteiger charge is -2.26. The van der Waals surface area contributed by atoms with Gasteiger partial charge in [0.05, 0.1) is 29.1 Å². The van der Waals surface area contributed by atoms with Crippen LogP contribution < -0.4 is 5.32 Å². The molecule has 2 heterocycles. The second kappa shape index (κ2) is 13.5. The van der Waals surface area contributed by atoms with E-state index in [0.717, 1.165) is 24.1 Å². The predicted octanol–water partition coefficient (Wildman–Crippen LogP) is 3.15. The normalized spacial score (nSPS) is 19.4. The molecule has 0 bridgehead atoms. The maximum Gasteiger partial charge on any atom is 0.323 e. The molecule has 3 rings (SSSR count). The van der Waals surface area contributed by atoms with E-state index in [9.17, 15) is 19.5 Å². The number of hydrogen-bond donors (Lipinski definition) is 2. The van der Waals surface area contributed by atoms with Crippen LogP contribution in [0.2, 0.25) is 0 Å². The molecule has 1 saturated heterocycles. The Morgan fingerprint density at radius 3 is 2.79 bits per heavy atom. The highest BCUT2D eigenvalue weighted by atomic mass is 32.2. The zero-order valence-electron chi connectivity index (χ0n) is 19.2. The minimum atomic E-state index is -1.07. The predicted molar refractivity (Wildman–Crippen MR) is 133 cm³/mol. The van der Waals surface area contributed by atoms with Crippen LogP contribution in [0.15, 0.2) is 41.2 Å². The number of thiazole rings is 1. The second-order valence-corrected chi connectivity index (χ2v) is 10.1. The van der Waals surface area contributed by atoms with E-state index in [2.05, 4.69) is 10.3 Å². The van der Waals surface area contributed by atoms with Crippen molar-refractivity contribution < 1.29 is 24.2 Å². The van der Waals surface area contributed by atoms with Crippen LogP contribution in [0.25, 0.3) is 0 Å². The van der Waals surface area contributed by atoms with Gasteiger partial charge in [0.1, 0.15) is 12.6 Å². The lowest BCUT2D eigenvalue weighted by atomic mass is 10.0. The summed E-state index contributed by atoms with van der Waals surface area (Å²) in [5.74, 6) is -1.37. The molecule has 10 heteroatoms. The van der Waals surface area contributed by atoms with Crippen molar-refractivity contribution in [2.45, 2.75) is 49.9 Å². The highest BCUT2D eigenvalue weighted by Crippen LogP contribution is 2.33. The number of thioether (sulfide) groups is 1. The van der Waals surface area contributed by atoms with E-state index >= 15 is 0 Å². The second-order valence-electron chi connectivity index (χ2n) is 8.16. The number of carbonyl (C=O) groups excluding carboxylic acids is 2. The van der Waals surface area contributed by atoms with Gasteiger partial charge in [-0.15, -0.1) is 23.1 Å². The van der Waals surface area contributed by atoms with Gasteiger partial charge in [-0.2, -0.15) is 0 Å². The molecule has 0 radical (unpaired) electrons. The summed E-state index contributed by atoms with van der Waals surface area (Å²) < 4.78 is 5.48. The smallest absolute Gasteiger partial charge is 0.323 e. The number of aryl methyl sites for hydroxylation is 1. The van der Waals surface area contributed by atoms with Crippen LogP contribution in [0.4, 0.5) is 0 Å². The molecule has 1 aliphatic heterocycles. The number of esters is 1. The number of aromatic nitrogens is 1. The Hall–Kier alpha value is -2.43. The van der Waals surface area contributed by atoms with Crippen molar-refractivity contribution in [1.29, 1.82) is 0 Å². The highest BCUT2D eigenvalue weighted by Gasteiger charge is 2.36. The topological polar surface area (TPSA) is 109 Å². The molecule has 3 atom stereocenters. The van der Waals surface area contributed by atoms with E-state index in [-0.39, 0.29) is 23.7 Å². The number of aliphatic carboxylic acids is 1. The quantitative estimate of drug-likeness (QED) is 0.335. The number of hydrogen-bond acceptors (Lipinski definition) is 8. The SMILES string of the molecule is CCCCOC(=O)C(CCc1ccccc1)NC1CSC(c2cscn2)CN(CC(=O)O)C1=O. The minimum Gasteiger partial charge on any atom is -0.480 e. The Bertz CT molecular complexity index is 926. The van der Waals surface area contributed by atoms with E-state index in [1.54, 1.807) is 17.3 Å². The molecule has 2 N–H and O–H groups in total. The zero-order valence-corrected chi connectivity index (χ0v) is 20.9. The molecule has 1 fully saturated rings. The Morgan fingerprint density at radius 2 is 2.12 bits per heavy atom. The Labute approximate surface area is 208 Å². The summed E-state index contributed by atoms with van der Waals surface area (Å²) in [6, 6.07) is 8.46. The third kappa shape index (κ3) is 7.82. The van der Waals surface area contributed by atoms with Gasteiger partial charge in [0, 0.05) is 17.7 Å². The molecule has 2 aromatic rings. The van der Waals surface area contributed by atoms with Crippen molar-refractivity contribution in [1.82, 2.24) is 15.2 Å². The van der Waals surface area contributed by atoms with Crippen LogP contribution in [-0.4, -0.2) is 70.4 Å². The Morgan fingerprint density at radius 1 is 1.32 bits per heavy atom. The fraction of sp³-hybridized carbons (Fsp3) is 0.500. The molecular weight excluding hydrogens is 474 g/mol. The fourth-order valence-corrected chi connectivity index (χ4v) is 5.66. The Kier molecular flexibility index (Phi) is 10.4. The van der Waals surface area contributed by atoms with Crippen molar-refractivity contribution in [3.8, 4) is 0 Å². The fourth-order valence-electron chi connectivity index (χ4n) is 3.72. The van der Waals surface area contributed by atoms with Gasteiger partial charge in [-0.05, 0) is 24.8 Å². The number of carbonyl (C=O) groups is 3. The van der Waals surface area contributed by atoms with Gasteiger partial charge in [-0.25, -0.2) is 4.98 Å². The molecule has 0 saturated carbocycles. The number of ether oxygens (including phenoxy) is 1. The first-order valence-electron chi connectivity index (χ1n) is 11.4. The number of nitrogens with zero attached hydrogens (tertiary/aromatic N) is 2. The monoisotopic (exact) mass is 505 g/mol. The van der Waals surface area contributed by atoms with Crippen molar-refractivity contribution in [2.24, 2.45) is 0 Å². The van der Waals surface area contributed by atoms with E-state index in [1.807, 2.05) is 42.6 Å². The number of unbranched alkanes of at least 4 members (excludes halogenated alkanes) is 1. The summed E-state index contributed by atoms with van der Waals surface area (Å²) in [6.45, 7) is 2.22. The molecule has 184 valence electrons. The first kappa shape index (κ1) is 26.2. The summed E-state index contributed by atoms with van der Waals surface area (Å²) in [5.41, 5.74) is 3.65. The van der Waals surface area contributed by atoms with E-state index in [4.69, 9.17) is 4.74 Å². The van der Waals surface area contributed by atoms with Crippen LogP contribution >= 0.6 is 23.1 Å². The van der Waals surface area contributed by atoms with Gasteiger partial charge in [0.2, 0.25) is 5.91 Å². The molecular formula is C24H31N3O5S2. The molecule has 3 unspecified atom stereocenters. The number of rotatable bonds is 12. The number of carboxylic acid groups (broad SMARTS) is 1. The molecule has 0 spiro atoms. The average molecular weight is 506 g/mol. The molecule has 8 nitrogen and oxygen atoms in total. The van der Waals surface area contributed by atoms with E-state index in [1.165, 1.54) is 16.2 Å². The first-order chi connectivity index (χ1) is 16.5. The largest absolute Gasteiger partial charge is 0.480 e. The summed E-state index contributed by atoms with van der Waals surface area (Å²) in [7, 11) is 0. The summed E-state index contributed by atoms with van der Waals surface area (Å²) in [4.78, 5) is 43.4. The zero-order chi connectivity index (χ0) is 24.3. The van der Waals surface area contributed by atoms with Gasteiger partial charge in [0.15, 0.2) is 0 Å². The van der Waals surface area contributed by atoms with Gasteiger partial charge in [-0.1, -0.05) is 43.7 Å². The standard InChI is InChI=1S/C24H31N3O5S2/c1-2-3-11-32-24(31)18(10-9-17-7-5-4-6-8-17)26-20-15-34-21(19-14-33-16-25-19)12-27(23(20)30)13-22(28)29/h4-8,14,16,18,20-21,26H,2-3,9-13,15H2,1H3,(H,28,29). The van der Waals surface area contributed by atoms with Gasteiger partial charge in [-0.3, -0.25) is 19.7 Å². The maximum absolute atomic E-state index is 13.3. The molecule has 1 aliphatic rings. The van der Waals surface area contributed by atoms with Gasteiger partial charge in [0.25, 0.3) is 0 Å². The summed E-state index contributed by atoms with van der Waals surface area (Å²) in [6.07, 6.45) is 2.81. The van der Waals surface area contributed by atoms with E-state index < -0.39 is 24.6 Å². The van der Waals surface area contributed by atoms with Crippen LogP contribution in [0, 0.1) is 0 Å². The van der Waals surface area contributed by atoms with Crippen molar-refractivity contribution >= 4 is 40.9 Å². The average Bonchev–Trinajstić information content (AvgIpc) is 3.32. The van der Waals surface area contributed by atoms with Crippen LogP contribution in [0.3, 0.4) is 0 Å². The summed E-state index contributed by atoms with van der Waals surface area (Å²) >= 11 is 3.01. The number of amides is 1. The molecule has 1 amide bonds. The summed E-state index contributed by atoms with van der Waals surface area (Å²) in [5, 5.41) is 14.4. The van der Waals surface area contributed by atoms with Gasteiger partial charge >= 0.3 is 11.9 Å². The number of nitrogens with one attached hydrogen (secondary N) is 1. The number of carboxylic acids is 1. The van der Waals surface area contributed by atoms with Crippen LogP contribution in [-0.2, 0) is 25.5 Å². The lowest BCUT2D eigenvalue weighted by Crippen LogP contribution is -2.53. The lowest BCUT2D eigenvalue weighted by molar-refractivity contribution is -0.148. The minimum absolute atomic E-state index is 0.124. The Balaban J connectivity index is 1.74. The van der Waals surface area contributed by atoms with Crippen molar-refractivity contribution in [3.63, 3.8) is 0 Å². The maximum atomic E-state index is 13.3. The van der Waals surface area contributed by atoms with Crippen LogP contribution in [0.1, 0.15) is 42.7 Å². The number of benzene rings is 1. The molecule has 0 aliphatic carbocycles. The van der Waals surface area contributed by atoms with Crippen molar-refractivity contribution in [3.05, 3.63) is 52.5 Å². The third-order valence-electron chi connectivity index (χ3n) is 5.56. The molecule has 1 aromatic carbocycles. The van der Waals surface area contributed by atoms with Crippen molar-refractivity contribution in [2.75, 3.05) is 25.4 Å².